The number of ether oxygens (including phenoxy) is 1. The zero-order valence-corrected chi connectivity index (χ0v) is 14.8. The lowest BCUT2D eigenvalue weighted by atomic mass is 10.1. The molecular weight excluding hydrogens is 381 g/mol. The summed E-state index contributed by atoms with van der Waals surface area (Å²) >= 11 is 0.945. The number of nitrogens with zero attached hydrogens (tertiary/aromatic N) is 2. The van der Waals surface area contributed by atoms with Crippen LogP contribution in [0.5, 0.6) is 5.75 Å². The summed E-state index contributed by atoms with van der Waals surface area (Å²) in [6.07, 6.45) is -0.703. The highest BCUT2D eigenvalue weighted by Crippen LogP contribution is 2.26. The van der Waals surface area contributed by atoms with Crippen LogP contribution in [0.1, 0.15) is 29.3 Å². The molecular formula is C18H13F3N2O3S. The topological polar surface area (TPSA) is 65.2 Å². The van der Waals surface area contributed by atoms with Gasteiger partial charge in [0.15, 0.2) is 35.1 Å². The van der Waals surface area contributed by atoms with E-state index >= 15 is 0 Å². The van der Waals surface area contributed by atoms with E-state index < -0.39 is 29.3 Å². The van der Waals surface area contributed by atoms with Crippen molar-refractivity contribution >= 4 is 17.5 Å². The van der Waals surface area contributed by atoms with Crippen LogP contribution in [0.15, 0.2) is 52.1 Å². The minimum absolute atomic E-state index is 0.0393. The van der Waals surface area contributed by atoms with Crippen molar-refractivity contribution in [3.05, 3.63) is 71.4 Å². The van der Waals surface area contributed by atoms with Crippen LogP contribution in [0, 0.1) is 17.5 Å². The Morgan fingerprint density at radius 1 is 1.11 bits per heavy atom. The average Bonchev–Trinajstić information content (AvgIpc) is 3.13. The van der Waals surface area contributed by atoms with Gasteiger partial charge in [0, 0.05) is 5.56 Å². The van der Waals surface area contributed by atoms with Crippen LogP contribution in [0.2, 0.25) is 0 Å². The minimum atomic E-state index is -1.09. The Labute approximate surface area is 156 Å². The van der Waals surface area contributed by atoms with Crippen molar-refractivity contribution < 1.29 is 27.1 Å². The summed E-state index contributed by atoms with van der Waals surface area (Å²) in [4.78, 5) is 12.0. The van der Waals surface area contributed by atoms with Crippen molar-refractivity contribution in [2.24, 2.45) is 0 Å². The zero-order valence-electron chi connectivity index (χ0n) is 14.0. The Morgan fingerprint density at radius 3 is 2.63 bits per heavy atom. The highest BCUT2D eigenvalue weighted by molar-refractivity contribution is 7.99. The molecule has 2 aromatic carbocycles. The Kier molecular flexibility index (Phi) is 5.80. The number of ketones is 1. The van der Waals surface area contributed by atoms with E-state index in [4.69, 9.17) is 9.15 Å². The van der Waals surface area contributed by atoms with Gasteiger partial charge in [-0.2, -0.15) is 0 Å². The maximum absolute atomic E-state index is 13.6. The quantitative estimate of drug-likeness (QED) is 0.431. The third-order valence-electron chi connectivity index (χ3n) is 3.48. The number of hydrogen-bond donors (Lipinski definition) is 0. The van der Waals surface area contributed by atoms with Crippen molar-refractivity contribution in [1.29, 1.82) is 0 Å². The van der Waals surface area contributed by atoms with Gasteiger partial charge in [-0.05, 0) is 37.3 Å². The molecule has 0 aliphatic rings. The van der Waals surface area contributed by atoms with Gasteiger partial charge >= 0.3 is 0 Å². The smallest absolute Gasteiger partial charge is 0.277 e. The van der Waals surface area contributed by atoms with E-state index in [1.165, 1.54) is 24.3 Å². The van der Waals surface area contributed by atoms with Crippen molar-refractivity contribution in [3.63, 3.8) is 0 Å². The monoisotopic (exact) mass is 394 g/mol. The SMILES string of the molecule is C[C@H](Oc1ccccc1F)c1nnc(SCC(=O)c2ccc(F)c(F)c2)o1. The van der Waals surface area contributed by atoms with Gasteiger partial charge in [-0.15, -0.1) is 10.2 Å². The number of benzene rings is 2. The standard InChI is InChI=1S/C18H13F3N2O3S/c1-10(25-16-5-3-2-4-13(16)20)17-22-23-18(26-17)27-9-15(24)11-6-7-12(19)14(21)8-11/h2-8,10H,9H2,1H3/t10-/m0/s1. The molecule has 0 radical (unpaired) electrons. The number of aromatic nitrogens is 2. The number of para-hydroxylation sites is 1. The number of rotatable bonds is 7. The first-order valence-corrected chi connectivity index (χ1v) is 8.78. The van der Waals surface area contributed by atoms with Crippen LogP contribution in [-0.4, -0.2) is 21.7 Å². The molecule has 3 aromatic rings. The molecule has 140 valence electrons. The lowest BCUT2D eigenvalue weighted by Gasteiger charge is -2.11. The van der Waals surface area contributed by atoms with Gasteiger partial charge in [-0.1, -0.05) is 23.9 Å². The summed E-state index contributed by atoms with van der Waals surface area (Å²) in [6.45, 7) is 1.61. The molecule has 1 atom stereocenters. The Balaban J connectivity index is 1.59. The molecule has 1 aromatic heterocycles. The summed E-state index contributed by atoms with van der Waals surface area (Å²) in [5.74, 6) is -3.00. The lowest BCUT2D eigenvalue weighted by molar-refractivity contribution is 0.102. The Hall–Kier alpha value is -2.81. The van der Waals surface area contributed by atoms with Gasteiger partial charge in [-0.25, -0.2) is 13.2 Å². The fourth-order valence-corrected chi connectivity index (χ4v) is 2.77. The van der Waals surface area contributed by atoms with Gasteiger partial charge in [0.1, 0.15) is 0 Å². The number of hydrogen-bond acceptors (Lipinski definition) is 6. The molecule has 0 bridgehead atoms. The molecule has 1 heterocycles. The van der Waals surface area contributed by atoms with E-state index in [2.05, 4.69) is 10.2 Å². The van der Waals surface area contributed by atoms with Crippen molar-refractivity contribution in [1.82, 2.24) is 10.2 Å². The molecule has 0 aliphatic carbocycles. The fraction of sp³-hybridized carbons (Fsp3) is 0.167. The van der Waals surface area contributed by atoms with E-state index in [0.29, 0.717) is 0 Å². The van der Waals surface area contributed by atoms with Gasteiger partial charge in [0.05, 0.1) is 5.75 Å². The number of halogens is 3. The third kappa shape index (κ3) is 4.68. The molecule has 0 aliphatic heterocycles. The van der Waals surface area contributed by atoms with Crippen molar-refractivity contribution in [3.8, 4) is 5.75 Å². The summed E-state index contributed by atoms with van der Waals surface area (Å²) in [6, 6.07) is 8.83. The summed E-state index contributed by atoms with van der Waals surface area (Å²) in [5, 5.41) is 7.70. The first kappa shape index (κ1) is 19.0. The summed E-state index contributed by atoms with van der Waals surface area (Å²) in [7, 11) is 0. The van der Waals surface area contributed by atoms with E-state index in [1.54, 1.807) is 13.0 Å². The molecule has 0 spiro atoms. The molecule has 5 nitrogen and oxygen atoms in total. The van der Waals surface area contributed by atoms with Crippen molar-refractivity contribution in [2.75, 3.05) is 5.75 Å². The Morgan fingerprint density at radius 2 is 1.89 bits per heavy atom. The van der Waals surface area contributed by atoms with Crippen molar-refractivity contribution in [2.45, 2.75) is 18.3 Å². The molecule has 0 amide bonds. The highest BCUT2D eigenvalue weighted by Gasteiger charge is 2.18. The molecule has 9 heteroatoms. The lowest BCUT2D eigenvalue weighted by Crippen LogP contribution is -2.04. The number of Topliss-reactive ketones (excluding diaryl/α,β-unsaturated/α-hetero) is 1. The molecule has 0 fully saturated rings. The predicted molar refractivity (Wildman–Crippen MR) is 91.2 cm³/mol. The third-order valence-corrected chi connectivity index (χ3v) is 4.30. The van der Waals surface area contributed by atoms with E-state index in [-0.39, 0.29) is 28.2 Å². The maximum atomic E-state index is 13.6. The molecule has 0 unspecified atom stereocenters. The second-order valence-corrected chi connectivity index (χ2v) is 6.36. The van der Waals surface area contributed by atoms with Crippen LogP contribution in [-0.2, 0) is 0 Å². The van der Waals surface area contributed by atoms with Crippen LogP contribution in [0.4, 0.5) is 13.2 Å². The number of carbonyl (C=O) groups excluding carboxylic acids is 1. The molecule has 0 saturated heterocycles. The van der Waals surface area contributed by atoms with Crippen LogP contribution in [0.25, 0.3) is 0 Å². The first-order chi connectivity index (χ1) is 12.9. The van der Waals surface area contributed by atoms with Gasteiger partial charge in [0.2, 0.25) is 0 Å². The van der Waals surface area contributed by atoms with Crippen LogP contribution < -0.4 is 4.74 Å². The molecule has 0 N–H and O–H groups in total. The van der Waals surface area contributed by atoms with E-state index in [1.807, 2.05) is 0 Å². The largest absolute Gasteiger partial charge is 0.478 e. The summed E-state index contributed by atoms with van der Waals surface area (Å²) in [5.41, 5.74) is 0.0393. The predicted octanol–water partition coefficient (Wildman–Crippen LogP) is 4.60. The average molecular weight is 394 g/mol. The number of carbonyl (C=O) groups is 1. The summed E-state index contributed by atoms with van der Waals surface area (Å²) < 4.78 is 50.5. The minimum Gasteiger partial charge on any atom is -0.478 e. The van der Waals surface area contributed by atoms with Gasteiger partial charge in [0.25, 0.3) is 11.1 Å². The normalized spacial score (nSPS) is 12.0. The zero-order chi connectivity index (χ0) is 19.4. The second kappa shape index (κ2) is 8.26. The fourth-order valence-electron chi connectivity index (χ4n) is 2.10. The molecule has 27 heavy (non-hydrogen) atoms. The maximum Gasteiger partial charge on any atom is 0.277 e. The first-order valence-electron chi connectivity index (χ1n) is 7.79. The Bertz CT molecular complexity index is 965. The van der Waals surface area contributed by atoms with E-state index in [0.717, 1.165) is 23.9 Å². The van der Waals surface area contributed by atoms with Gasteiger partial charge in [-0.3, -0.25) is 4.79 Å². The highest BCUT2D eigenvalue weighted by atomic mass is 32.2. The number of thioether (sulfide) groups is 1. The molecule has 3 rings (SSSR count). The van der Waals surface area contributed by atoms with Crippen LogP contribution in [0.3, 0.4) is 0 Å². The van der Waals surface area contributed by atoms with Crippen LogP contribution >= 0.6 is 11.8 Å². The second-order valence-electron chi connectivity index (χ2n) is 5.44. The molecule has 0 saturated carbocycles. The van der Waals surface area contributed by atoms with E-state index in [9.17, 15) is 18.0 Å². The van der Waals surface area contributed by atoms with Gasteiger partial charge < -0.3 is 9.15 Å².